The number of amides is 2. The summed E-state index contributed by atoms with van der Waals surface area (Å²) in [6, 6.07) is 0. The average Bonchev–Trinajstić information content (AvgIpc) is 2.31. The van der Waals surface area contributed by atoms with Gasteiger partial charge in [-0.15, -0.1) is 0 Å². The Labute approximate surface area is 130 Å². The predicted molar refractivity (Wildman–Crippen MR) is 84.3 cm³/mol. The largest absolute Gasteiger partial charge is 0.481 e. The summed E-state index contributed by atoms with van der Waals surface area (Å²) in [4.78, 5) is 32.7. The Morgan fingerprint density at radius 3 is 2.33 bits per heavy atom. The zero-order valence-electron chi connectivity index (χ0n) is 13.0. The summed E-state index contributed by atoms with van der Waals surface area (Å²) >= 11 is 1.70. The van der Waals surface area contributed by atoms with E-state index in [2.05, 4.69) is 10.6 Å². The number of rotatable bonds is 11. The summed E-state index contributed by atoms with van der Waals surface area (Å²) < 4.78 is 0. The van der Waals surface area contributed by atoms with Crippen molar-refractivity contribution in [1.82, 2.24) is 10.6 Å². The molecule has 2 amide bonds. The van der Waals surface area contributed by atoms with Crippen LogP contribution in [-0.4, -0.2) is 47.5 Å². The van der Waals surface area contributed by atoms with Crippen molar-refractivity contribution < 1.29 is 19.5 Å². The van der Waals surface area contributed by atoms with E-state index in [1.165, 1.54) is 6.92 Å². The number of nitrogens with one attached hydrogen (secondary N) is 2. The van der Waals surface area contributed by atoms with Crippen LogP contribution in [0.5, 0.6) is 0 Å². The van der Waals surface area contributed by atoms with Crippen LogP contribution in [-0.2, 0) is 14.4 Å². The number of carboxylic acids is 1. The third-order valence-electron chi connectivity index (χ3n) is 2.85. The Kier molecular flexibility index (Phi) is 9.86. The van der Waals surface area contributed by atoms with Gasteiger partial charge in [-0.2, -0.15) is 11.8 Å². The molecule has 0 fully saturated rings. The van der Waals surface area contributed by atoms with Gasteiger partial charge in [-0.1, -0.05) is 13.8 Å². The second kappa shape index (κ2) is 10.5. The first-order valence-corrected chi connectivity index (χ1v) is 8.19. The third kappa shape index (κ3) is 13.5. The van der Waals surface area contributed by atoms with Crippen molar-refractivity contribution in [1.29, 1.82) is 0 Å². The minimum absolute atomic E-state index is 0.0736. The molecule has 0 aromatic rings. The van der Waals surface area contributed by atoms with Crippen molar-refractivity contribution in [2.75, 3.05) is 24.6 Å². The average molecular weight is 318 g/mol. The van der Waals surface area contributed by atoms with Gasteiger partial charge < -0.3 is 15.7 Å². The maximum absolute atomic E-state index is 11.4. The molecule has 0 spiro atoms. The predicted octanol–water partition coefficient (Wildman–Crippen LogP) is 1.25. The van der Waals surface area contributed by atoms with Gasteiger partial charge in [0.05, 0.1) is 6.42 Å². The second-order valence-corrected chi connectivity index (χ2v) is 6.90. The number of thioether (sulfide) groups is 1. The van der Waals surface area contributed by atoms with Crippen molar-refractivity contribution in [3.63, 3.8) is 0 Å². The van der Waals surface area contributed by atoms with Crippen LogP contribution >= 0.6 is 11.8 Å². The molecule has 0 aromatic heterocycles. The summed E-state index contributed by atoms with van der Waals surface area (Å²) in [7, 11) is 0. The molecule has 0 unspecified atom stereocenters. The van der Waals surface area contributed by atoms with Crippen LogP contribution < -0.4 is 10.6 Å². The summed E-state index contributed by atoms with van der Waals surface area (Å²) in [5, 5.41) is 14.1. The number of aliphatic carboxylic acids is 1. The standard InChI is InChI=1S/C14H26N2O4S/c1-11(17)15-6-4-12(18)16-7-9-21-8-5-14(2,3)10-13(19)20/h4-10H2,1-3H3,(H,15,17)(H,16,18)(H,19,20). The fraction of sp³-hybridized carbons (Fsp3) is 0.786. The quantitative estimate of drug-likeness (QED) is 0.498. The van der Waals surface area contributed by atoms with Crippen LogP contribution in [0.3, 0.4) is 0 Å². The topological polar surface area (TPSA) is 95.5 Å². The maximum Gasteiger partial charge on any atom is 0.303 e. The molecular weight excluding hydrogens is 292 g/mol. The second-order valence-electron chi connectivity index (χ2n) is 5.68. The van der Waals surface area contributed by atoms with E-state index in [0.717, 1.165) is 17.9 Å². The van der Waals surface area contributed by atoms with Crippen LogP contribution in [0, 0.1) is 5.41 Å². The van der Waals surface area contributed by atoms with E-state index in [1.807, 2.05) is 13.8 Å². The highest BCUT2D eigenvalue weighted by Gasteiger charge is 2.20. The first-order valence-electron chi connectivity index (χ1n) is 7.03. The monoisotopic (exact) mass is 318 g/mol. The Morgan fingerprint density at radius 2 is 1.76 bits per heavy atom. The fourth-order valence-electron chi connectivity index (χ4n) is 1.65. The van der Waals surface area contributed by atoms with Crippen LogP contribution in [0.4, 0.5) is 0 Å². The molecule has 0 aliphatic carbocycles. The van der Waals surface area contributed by atoms with Gasteiger partial charge in [0, 0.05) is 32.2 Å². The molecule has 0 saturated carbocycles. The van der Waals surface area contributed by atoms with Crippen molar-refractivity contribution in [3.8, 4) is 0 Å². The van der Waals surface area contributed by atoms with Gasteiger partial charge in [-0.25, -0.2) is 0 Å². The molecule has 21 heavy (non-hydrogen) atoms. The van der Waals surface area contributed by atoms with E-state index >= 15 is 0 Å². The molecule has 0 bridgehead atoms. The molecule has 122 valence electrons. The molecule has 0 heterocycles. The summed E-state index contributed by atoms with van der Waals surface area (Å²) in [6.45, 7) is 6.26. The van der Waals surface area contributed by atoms with Crippen molar-refractivity contribution >= 4 is 29.5 Å². The van der Waals surface area contributed by atoms with Crippen LogP contribution in [0.25, 0.3) is 0 Å². The van der Waals surface area contributed by atoms with Gasteiger partial charge in [0.25, 0.3) is 0 Å². The van der Waals surface area contributed by atoms with Gasteiger partial charge in [0.15, 0.2) is 0 Å². The number of carboxylic acid groups (broad SMARTS) is 1. The van der Waals surface area contributed by atoms with Gasteiger partial charge in [-0.05, 0) is 17.6 Å². The molecule has 0 aliphatic rings. The highest BCUT2D eigenvalue weighted by molar-refractivity contribution is 7.99. The number of carbonyl (C=O) groups is 3. The van der Waals surface area contributed by atoms with Gasteiger partial charge in [0.2, 0.25) is 11.8 Å². The Hall–Kier alpha value is -1.24. The van der Waals surface area contributed by atoms with Crippen molar-refractivity contribution in [2.45, 2.75) is 40.0 Å². The molecule has 0 saturated heterocycles. The Morgan fingerprint density at radius 1 is 1.10 bits per heavy atom. The fourth-order valence-corrected chi connectivity index (χ4v) is 2.80. The first kappa shape index (κ1) is 19.8. The van der Waals surface area contributed by atoms with Crippen LogP contribution in [0.1, 0.15) is 40.0 Å². The zero-order chi connectivity index (χ0) is 16.3. The highest BCUT2D eigenvalue weighted by Crippen LogP contribution is 2.26. The lowest BCUT2D eigenvalue weighted by atomic mass is 9.87. The zero-order valence-corrected chi connectivity index (χ0v) is 13.8. The lowest BCUT2D eigenvalue weighted by molar-refractivity contribution is -0.139. The number of hydrogen-bond acceptors (Lipinski definition) is 4. The number of carbonyl (C=O) groups excluding carboxylic acids is 2. The normalized spacial score (nSPS) is 11.0. The summed E-state index contributed by atoms with van der Waals surface area (Å²) in [5.41, 5.74) is -0.194. The molecule has 7 heteroatoms. The molecule has 0 aliphatic heterocycles. The SMILES string of the molecule is CC(=O)NCCC(=O)NCCSCCC(C)(C)CC(=O)O. The van der Waals surface area contributed by atoms with Crippen LogP contribution in [0.2, 0.25) is 0 Å². The van der Waals surface area contributed by atoms with E-state index < -0.39 is 5.97 Å². The van der Waals surface area contributed by atoms with E-state index in [-0.39, 0.29) is 30.1 Å². The van der Waals surface area contributed by atoms with Gasteiger partial charge in [-0.3, -0.25) is 14.4 Å². The van der Waals surface area contributed by atoms with E-state index in [0.29, 0.717) is 13.1 Å². The minimum Gasteiger partial charge on any atom is -0.481 e. The first-order chi connectivity index (χ1) is 9.73. The number of hydrogen-bond donors (Lipinski definition) is 3. The van der Waals surface area contributed by atoms with E-state index in [4.69, 9.17) is 5.11 Å². The molecule has 0 radical (unpaired) electrons. The molecule has 3 N–H and O–H groups in total. The molecular formula is C14H26N2O4S. The summed E-state index contributed by atoms with van der Waals surface area (Å²) in [6.07, 6.45) is 1.30. The van der Waals surface area contributed by atoms with Crippen molar-refractivity contribution in [2.24, 2.45) is 5.41 Å². The molecule has 6 nitrogen and oxygen atoms in total. The summed E-state index contributed by atoms with van der Waals surface area (Å²) in [5.74, 6) is 0.700. The lowest BCUT2D eigenvalue weighted by Gasteiger charge is -2.21. The minimum atomic E-state index is -0.767. The Bertz CT molecular complexity index is 359. The van der Waals surface area contributed by atoms with Crippen LogP contribution in [0.15, 0.2) is 0 Å². The van der Waals surface area contributed by atoms with Crippen molar-refractivity contribution in [3.05, 3.63) is 0 Å². The van der Waals surface area contributed by atoms with E-state index in [1.54, 1.807) is 11.8 Å². The maximum atomic E-state index is 11.4. The molecule has 0 atom stereocenters. The van der Waals surface area contributed by atoms with Gasteiger partial charge >= 0.3 is 5.97 Å². The van der Waals surface area contributed by atoms with E-state index in [9.17, 15) is 14.4 Å². The molecule has 0 rings (SSSR count). The molecule has 0 aromatic carbocycles. The lowest BCUT2D eigenvalue weighted by Crippen LogP contribution is -2.30. The third-order valence-corrected chi connectivity index (χ3v) is 3.83. The smallest absolute Gasteiger partial charge is 0.303 e. The van der Waals surface area contributed by atoms with Gasteiger partial charge in [0.1, 0.15) is 0 Å². The Balaban J connectivity index is 3.53. The highest BCUT2D eigenvalue weighted by atomic mass is 32.2.